The predicted octanol–water partition coefficient (Wildman–Crippen LogP) is 0.370. The van der Waals surface area contributed by atoms with Gasteiger partial charge in [-0.25, -0.2) is 0 Å². The molecule has 0 heterocycles. The average molecular weight is 240 g/mol. The van der Waals surface area contributed by atoms with Gasteiger partial charge in [-0.2, -0.15) is 0 Å². The maximum Gasteiger partial charge on any atom is 0.292 e. The van der Waals surface area contributed by atoms with Gasteiger partial charge in [0.25, 0.3) is 5.69 Å². The Bertz CT molecular complexity index is 384. The third kappa shape index (κ3) is 3.89. The maximum atomic E-state index is 10.8. The lowest BCUT2D eigenvalue weighted by Gasteiger charge is -2.09. The first-order valence-electron chi connectivity index (χ1n) is 5.26. The van der Waals surface area contributed by atoms with E-state index in [1.54, 1.807) is 12.1 Å². The van der Waals surface area contributed by atoms with Crippen LogP contribution in [0, 0.1) is 10.1 Å². The summed E-state index contributed by atoms with van der Waals surface area (Å²) in [7, 11) is 0. The largest absolute Gasteiger partial charge is 0.395 e. The van der Waals surface area contributed by atoms with Crippen LogP contribution in [0.5, 0.6) is 0 Å². The number of rotatable bonds is 7. The quantitative estimate of drug-likeness (QED) is 0.404. The first-order chi connectivity index (χ1) is 8.19. The van der Waals surface area contributed by atoms with Crippen LogP contribution in [-0.2, 0) is 0 Å². The number of nitrogens with one attached hydrogen (secondary N) is 2. The summed E-state index contributed by atoms with van der Waals surface area (Å²) in [4.78, 5) is 10.3. The van der Waals surface area contributed by atoms with E-state index in [1.807, 2.05) is 0 Å². The van der Waals surface area contributed by atoms with E-state index in [1.165, 1.54) is 6.07 Å². The van der Waals surface area contributed by atoms with E-state index < -0.39 is 4.92 Å². The number of benzene rings is 1. The first-order valence-corrected chi connectivity index (χ1v) is 5.26. The van der Waals surface area contributed by atoms with E-state index >= 15 is 0 Å². The zero-order valence-electron chi connectivity index (χ0n) is 9.35. The minimum absolute atomic E-state index is 0.0169. The van der Waals surface area contributed by atoms with Crippen molar-refractivity contribution in [1.29, 1.82) is 0 Å². The number of hydrogen-bond donors (Lipinski definition) is 4. The molecule has 1 aromatic rings. The van der Waals surface area contributed by atoms with Gasteiger partial charge >= 0.3 is 0 Å². The fourth-order valence-electron chi connectivity index (χ4n) is 1.35. The van der Waals surface area contributed by atoms with Crippen LogP contribution in [-0.4, -0.2) is 36.3 Å². The lowest BCUT2D eigenvalue weighted by Crippen LogP contribution is -2.13. The Kier molecular flexibility index (Phi) is 5.18. The number of aliphatic hydroxyl groups excluding tert-OH is 1. The van der Waals surface area contributed by atoms with Gasteiger partial charge in [0.2, 0.25) is 0 Å². The predicted molar refractivity (Wildman–Crippen MR) is 66.2 cm³/mol. The molecule has 7 nitrogen and oxygen atoms in total. The van der Waals surface area contributed by atoms with Crippen LogP contribution in [0.15, 0.2) is 18.2 Å². The van der Waals surface area contributed by atoms with Crippen LogP contribution in [0.3, 0.4) is 0 Å². The fourth-order valence-corrected chi connectivity index (χ4v) is 1.35. The molecule has 0 aromatic heterocycles. The molecule has 0 spiro atoms. The number of aliphatic hydroxyl groups is 1. The first kappa shape index (κ1) is 13.2. The van der Waals surface area contributed by atoms with E-state index in [-0.39, 0.29) is 18.8 Å². The summed E-state index contributed by atoms with van der Waals surface area (Å²) >= 11 is 0. The molecule has 0 amide bonds. The summed E-state index contributed by atoms with van der Waals surface area (Å²) in [5, 5.41) is 25.3. The highest BCUT2D eigenvalue weighted by Crippen LogP contribution is 2.27. The van der Waals surface area contributed by atoms with Crippen LogP contribution >= 0.6 is 0 Å². The fraction of sp³-hybridized carbons (Fsp3) is 0.400. The minimum atomic E-state index is -0.466. The maximum absolute atomic E-state index is 10.8. The number of anilines is 2. The van der Waals surface area contributed by atoms with Gasteiger partial charge in [0.1, 0.15) is 5.69 Å². The Morgan fingerprint density at radius 1 is 1.35 bits per heavy atom. The Morgan fingerprint density at radius 2 is 2.12 bits per heavy atom. The molecule has 94 valence electrons. The number of nitro groups is 1. The van der Waals surface area contributed by atoms with Crippen LogP contribution < -0.4 is 16.4 Å². The Hall–Kier alpha value is -1.86. The SMILES string of the molecule is NCCNc1ccc([N+](=O)[O-])c(NCCO)c1. The number of hydrogen-bond acceptors (Lipinski definition) is 6. The number of nitro benzene ring substituents is 1. The molecule has 1 aromatic carbocycles. The summed E-state index contributed by atoms with van der Waals surface area (Å²) in [6.07, 6.45) is 0. The minimum Gasteiger partial charge on any atom is -0.395 e. The van der Waals surface area contributed by atoms with E-state index in [0.717, 1.165) is 5.69 Å². The van der Waals surface area contributed by atoms with Crippen molar-refractivity contribution >= 4 is 17.1 Å². The number of nitrogens with zero attached hydrogens (tertiary/aromatic N) is 1. The highest BCUT2D eigenvalue weighted by molar-refractivity contribution is 5.68. The second-order valence-corrected chi connectivity index (χ2v) is 3.35. The van der Waals surface area contributed by atoms with Crippen LogP contribution in [0.4, 0.5) is 17.1 Å². The second kappa shape index (κ2) is 6.66. The molecule has 7 heteroatoms. The van der Waals surface area contributed by atoms with Gasteiger partial charge < -0.3 is 21.5 Å². The van der Waals surface area contributed by atoms with E-state index in [4.69, 9.17) is 10.8 Å². The van der Waals surface area contributed by atoms with Gasteiger partial charge in [-0.05, 0) is 12.1 Å². The van der Waals surface area contributed by atoms with Crippen molar-refractivity contribution in [3.8, 4) is 0 Å². The molecule has 1 rings (SSSR count). The Balaban J connectivity index is 2.88. The lowest BCUT2D eigenvalue weighted by atomic mass is 10.2. The molecule has 5 N–H and O–H groups in total. The zero-order chi connectivity index (χ0) is 12.7. The van der Waals surface area contributed by atoms with Crippen LogP contribution in [0.2, 0.25) is 0 Å². The summed E-state index contributed by atoms with van der Waals surface area (Å²) in [6.45, 7) is 1.26. The summed E-state index contributed by atoms with van der Waals surface area (Å²) in [5.41, 5.74) is 6.47. The molecule has 0 saturated heterocycles. The molecule has 0 aliphatic rings. The van der Waals surface area contributed by atoms with Gasteiger partial charge in [0.15, 0.2) is 0 Å². The Morgan fingerprint density at radius 3 is 2.71 bits per heavy atom. The number of nitrogens with two attached hydrogens (primary N) is 1. The third-order valence-corrected chi connectivity index (χ3v) is 2.09. The van der Waals surface area contributed by atoms with E-state index in [9.17, 15) is 10.1 Å². The van der Waals surface area contributed by atoms with Gasteiger partial charge in [-0.1, -0.05) is 0 Å². The zero-order valence-corrected chi connectivity index (χ0v) is 9.35. The van der Waals surface area contributed by atoms with Crippen LogP contribution in [0.1, 0.15) is 0 Å². The lowest BCUT2D eigenvalue weighted by molar-refractivity contribution is -0.383. The summed E-state index contributed by atoms with van der Waals surface area (Å²) in [5.74, 6) is 0. The van der Waals surface area contributed by atoms with Gasteiger partial charge in [0.05, 0.1) is 11.5 Å². The molecule has 0 radical (unpaired) electrons. The van der Waals surface area contributed by atoms with Crippen molar-refractivity contribution < 1.29 is 10.0 Å². The normalized spacial score (nSPS) is 10.0. The summed E-state index contributed by atoms with van der Waals surface area (Å²) in [6, 6.07) is 4.67. The molecule has 0 saturated carbocycles. The molecule has 17 heavy (non-hydrogen) atoms. The van der Waals surface area contributed by atoms with Gasteiger partial charge in [-0.15, -0.1) is 0 Å². The average Bonchev–Trinajstić information content (AvgIpc) is 2.33. The van der Waals surface area contributed by atoms with Crippen LogP contribution in [0.25, 0.3) is 0 Å². The third-order valence-electron chi connectivity index (χ3n) is 2.09. The van der Waals surface area contributed by atoms with E-state index in [0.29, 0.717) is 18.8 Å². The highest BCUT2D eigenvalue weighted by atomic mass is 16.6. The molecular weight excluding hydrogens is 224 g/mol. The van der Waals surface area contributed by atoms with Gasteiger partial charge in [-0.3, -0.25) is 10.1 Å². The Labute approximate surface area is 98.8 Å². The molecule has 0 fully saturated rings. The molecule has 0 aliphatic carbocycles. The van der Waals surface area contributed by atoms with Crippen molar-refractivity contribution in [2.24, 2.45) is 5.73 Å². The smallest absolute Gasteiger partial charge is 0.292 e. The van der Waals surface area contributed by atoms with Crippen molar-refractivity contribution in [2.45, 2.75) is 0 Å². The monoisotopic (exact) mass is 240 g/mol. The highest BCUT2D eigenvalue weighted by Gasteiger charge is 2.13. The van der Waals surface area contributed by atoms with Crippen molar-refractivity contribution in [3.05, 3.63) is 28.3 Å². The molecule has 0 aliphatic heterocycles. The standard InChI is InChI=1S/C10H16N4O3/c11-3-4-12-8-1-2-10(14(16)17)9(7-8)13-5-6-15/h1-2,7,12-13,15H,3-6,11H2. The summed E-state index contributed by atoms with van der Waals surface area (Å²) < 4.78 is 0. The van der Waals surface area contributed by atoms with Crippen molar-refractivity contribution in [3.63, 3.8) is 0 Å². The van der Waals surface area contributed by atoms with Crippen molar-refractivity contribution in [1.82, 2.24) is 0 Å². The second-order valence-electron chi connectivity index (χ2n) is 3.35. The van der Waals surface area contributed by atoms with Crippen molar-refractivity contribution in [2.75, 3.05) is 36.9 Å². The topological polar surface area (TPSA) is 113 Å². The molecule has 0 bridgehead atoms. The van der Waals surface area contributed by atoms with E-state index in [2.05, 4.69) is 10.6 Å². The molecular formula is C10H16N4O3. The molecule has 0 unspecified atom stereocenters. The molecule has 0 atom stereocenters. The van der Waals surface area contributed by atoms with Gasteiger partial charge in [0, 0.05) is 31.4 Å².